The standard InChI is InChI=1S/C53H95NO5/c1-4-7-10-13-16-19-22-24-26-28-30-32-35-38-41-44-49(59-53(58)46-43-40-37-34-31-29-27-25-23-20-17-14-11-8-5-2)47-52(57)54-50(48-55)51(56)45-42-39-36-33-21-18-15-12-9-6-3/h16-17,19-20,23-26,30,32,49-51,55-56H,4-15,18,21-22,27-29,31,33-48H2,1-3H3,(H,54,57)/b19-16-,20-17+,25-23+,26-24-,32-30-. The molecule has 0 spiro atoms. The maximum atomic E-state index is 13.2. The lowest BCUT2D eigenvalue weighted by atomic mass is 10.0. The van der Waals surface area contributed by atoms with Gasteiger partial charge in [0.1, 0.15) is 6.10 Å². The summed E-state index contributed by atoms with van der Waals surface area (Å²) in [7, 11) is 0. The van der Waals surface area contributed by atoms with E-state index in [1.54, 1.807) is 0 Å². The molecule has 0 aliphatic carbocycles. The molecule has 0 aliphatic heterocycles. The number of carbonyl (C=O) groups excluding carboxylic acids is 2. The summed E-state index contributed by atoms with van der Waals surface area (Å²) in [4.78, 5) is 26.1. The molecular formula is C53H95NO5. The van der Waals surface area contributed by atoms with Crippen LogP contribution in [0.4, 0.5) is 0 Å². The van der Waals surface area contributed by atoms with Crippen LogP contribution in [0.15, 0.2) is 60.8 Å². The highest BCUT2D eigenvalue weighted by atomic mass is 16.5. The molecule has 0 rings (SSSR count). The van der Waals surface area contributed by atoms with E-state index in [4.69, 9.17) is 4.74 Å². The fourth-order valence-corrected chi connectivity index (χ4v) is 7.25. The van der Waals surface area contributed by atoms with Gasteiger partial charge in [-0.2, -0.15) is 0 Å². The van der Waals surface area contributed by atoms with Crippen LogP contribution in [0.3, 0.4) is 0 Å². The summed E-state index contributed by atoms with van der Waals surface area (Å²) in [6.45, 7) is 6.39. The molecule has 0 saturated carbocycles. The second kappa shape index (κ2) is 46.6. The zero-order chi connectivity index (χ0) is 43.1. The molecule has 1 amide bonds. The number of amides is 1. The van der Waals surface area contributed by atoms with E-state index in [9.17, 15) is 19.8 Å². The van der Waals surface area contributed by atoms with Crippen molar-refractivity contribution in [1.29, 1.82) is 0 Å². The maximum absolute atomic E-state index is 13.2. The van der Waals surface area contributed by atoms with E-state index in [1.807, 2.05) is 0 Å². The molecule has 0 aromatic heterocycles. The number of ether oxygens (including phenoxy) is 1. The third-order valence-electron chi connectivity index (χ3n) is 11.1. The number of carbonyl (C=O) groups is 2. The van der Waals surface area contributed by atoms with Crippen LogP contribution >= 0.6 is 0 Å². The zero-order valence-corrected chi connectivity index (χ0v) is 38.9. The Labute approximate surface area is 365 Å². The van der Waals surface area contributed by atoms with Crippen LogP contribution in [0.1, 0.15) is 239 Å². The summed E-state index contributed by atoms with van der Waals surface area (Å²) in [5.74, 6) is -0.526. The van der Waals surface area contributed by atoms with Gasteiger partial charge in [-0.25, -0.2) is 0 Å². The van der Waals surface area contributed by atoms with Gasteiger partial charge < -0.3 is 20.3 Å². The van der Waals surface area contributed by atoms with Crippen LogP contribution < -0.4 is 5.32 Å². The third-order valence-corrected chi connectivity index (χ3v) is 11.1. The topological polar surface area (TPSA) is 95.9 Å². The Bertz CT molecular complexity index is 1060. The number of unbranched alkanes of at least 4 members (excludes halogenated alkanes) is 23. The van der Waals surface area contributed by atoms with E-state index in [1.165, 1.54) is 116 Å². The summed E-state index contributed by atoms with van der Waals surface area (Å²) >= 11 is 0. The van der Waals surface area contributed by atoms with Gasteiger partial charge in [0.15, 0.2) is 0 Å². The first-order valence-corrected chi connectivity index (χ1v) is 25.0. The molecule has 59 heavy (non-hydrogen) atoms. The van der Waals surface area contributed by atoms with E-state index in [0.717, 1.165) is 77.0 Å². The van der Waals surface area contributed by atoms with E-state index in [2.05, 4.69) is 86.8 Å². The number of hydrogen-bond acceptors (Lipinski definition) is 5. The summed E-state index contributed by atoms with van der Waals surface area (Å²) in [5.41, 5.74) is 0. The fourth-order valence-electron chi connectivity index (χ4n) is 7.25. The molecule has 0 aliphatic rings. The van der Waals surface area contributed by atoms with Gasteiger partial charge in [0, 0.05) is 6.42 Å². The highest BCUT2D eigenvalue weighted by Crippen LogP contribution is 2.17. The zero-order valence-electron chi connectivity index (χ0n) is 38.9. The second-order valence-corrected chi connectivity index (χ2v) is 16.9. The Morgan fingerprint density at radius 3 is 1.46 bits per heavy atom. The molecule has 0 aromatic carbocycles. The van der Waals surface area contributed by atoms with Crippen molar-refractivity contribution in [3.8, 4) is 0 Å². The van der Waals surface area contributed by atoms with Gasteiger partial charge in [-0.05, 0) is 89.9 Å². The molecule has 342 valence electrons. The second-order valence-electron chi connectivity index (χ2n) is 16.9. The first kappa shape index (κ1) is 56.6. The number of rotatable bonds is 44. The minimum absolute atomic E-state index is 0.0456. The van der Waals surface area contributed by atoms with Crippen molar-refractivity contribution in [2.45, 2.75) is 257 Å². The van der Waals surface area contributed by atoms with Gasteiger partial charge in [-0.1, -0.05) is 197 Å². The van der Waals surface area contributed by atoms with E-state index >= 15 is 0 Å². The normalized spacial score (nSPS) is 13.8. The van der Waals surface area contributed by atoms with Crippen molar-refractivity contribution in [3.05, 3.63) is 60.8 Å². The Balaban J connectivity index is 4.69. The van der Waals surface area contributed by atoms with Crippen molar-refractivity contribution in [2.75, 3.05) is 6.61 Å². The Morgan fingerprint density at radius 1 is 0.508 bits per heavy atom. The van der Waals surface area contributed by atoms with Gasteiger partial charge in [0.2, 0.25) is 5.91 Å². The molecule has 3 unspecified atom stereocenters. The average Bonchev–Trinajstić information content (AvgIpc) is 3.23. The largest absolute Gasteiger partial charge is 0.462 e. The molecule has 0 heterocycles. The minimum atomic E-state index is -0.800. The van der Waals surface area contributed by atoms with E-state index in [-0.39, 0.29) is 24.9 Å². The van der Waals surface area contributed by atoms with Gasteiger partial charge in [-0.15, -0.1) is 0 Å². The van der Waals surface area contributed by atoms with Crippen LogP contribution in [0.5, 0.6) is 0 Å². The van der Waals surface area contributed by atoms with Crippen molar-refractivity contribution < 1.29 is 24.5 Å². The fraction of sp³-hybridized carbons (Fsp3) is 0.774. The number of esters is 1. The predicted octanol–water partition coefficient (Wildman–Crippen LogP) is 14.8. The molecular weight excluding hydrogens is 731 g/mol. The van der Waals surface area contributed by atoms with E-state index in [0.29, 0.717) is 19.3 Å². The molecule has 0 aromatic rings. The molecule has 3 atom stereocenters. The molecule has 6 nitrogen and oxygen atoms in total. The highest BCUT2D eigenvalue weighted by Gasteiger charge is 2.24. The third kappa shape index (κ3) is 42.1. The summed E-state index contributed by atoms with van der Waals surface area (Å²) in [6.07, 6.45) is 57.0. The maximum Gasteiger partial charge on any atom is 0.306 e. The lowest BCUT2D eigenvalue weighted by molar-refractivity contribution is -0.151. The quantitative estimate of drug-likeness (QED) is 0.0246. The first-order chi connectivity index (χ1) is 29.0. The van der Waals surface area contributed by atoms with Gasteiger partial charge in [0.25, 0.3) is 0 Å². The summed E-state index contributed by atoms with van der Waals surface area (Å²) in [6, 6.07) is -0.716. The summed E-state index contributed by atoms with van der Waals surface area (Å²) < 4.78 is 5.90. The molecule has 6 heteroatoms. The molecule has 0 fully saturated rings. The molecule has 0 radical (unpaired) electrons. The molecule has 0 bridgehead atoms. The van der Waals surface area contributed by atoms with Crippen LogP contribution in [-0.4, -0.2) is 46.9 Å². The first-order valence-electron chi connectivity index (χ1n) is 25.0. The Hall–Kier alpha value is -2.44. The van der Waals surface area contributed by atoms with Crippen molar-refractivity contribution in [2.24, 2.45) is 0 Å². The number of aliphatic hydroxyl groups excluding tert-OH is 2. The van der Waals surface area contributed by atoms with Crippen molar-refractivity contribution >= 4 is 11.9 Å². The van der Waals surface area contributed by atoms with Gasteiger partial charge in [-0.3, -0.25) is 9.59 Å². The lowest BCUT2D eigenvalue weighted by Gasteiger charge is -2.24. The number of hydrogen-bond donors (Lipinski definition) is 3. The summed E-state index contributed by atoms with van der Waals surface area (Å²) in [5, 5.41) is 23.7. The highest BCUT2D eigenvalue weighted by molar-refractivity contribution is 5.77. The monoisotopic (exact) mass is 826 g/mol. The van der Waals surface area contributed by atoms with Crippen LogP contribution in [0, 0.1) is 0 Å². The number of allylic oxidation sites excluding steroid dienone is 10. The van der Waals surface area contributed by atoms with Crippen molar-refractivity contribution in [3.63, 3.8) is 0 Å². The number of nitrogens with one attached hydrogen (secondary N) is 1. The van der Waals surface area contributed by atoms with E-state index < -0.39 is 18.2 Å². The Morgan fingerprint density at radius 2 is 0.915 bits per heavy atom. The Kier molecular flexibility index (Phi) is 44.7. The van der Waals surface area contributed by atoms with Crippen molar-refractivity contribution in [1.82, 2.24) is 5.32 Å². The smallest absolute Gasteiger partial charge is 0.306 e. The molecule has 0 saturated heterocycles. The van der Waals surface area contributed by atoms with Gasteiger partial charge >= 0.3 is 5.97 Å². The minimum Gasteiger partial charge on any atom is -0.462 e. The number of aliphatic hydroxyl groups is 2. The van der Waals surface area contributed by atoms with Crippen LogP contribution in [0.2, 0.25) is 0 Å². The molecule has 3 N–H and O–H groups in total. The lowest BCUT2D eigenvalue weighted by Crippen LogP contribution is -2.46. The van der Waals surface area contributed by atoms with Crippen LogP contribution in [-0.2, 0) is 14.3 Å². The SMILES string of the molecule is CCCCC/C=C\C/C=C\C/C=C\CCCCC(CC(=O)NC(CO)C(O)CCCCCCCCCCCC)OC(=O)CCCCCCCC/C=C/C=C/CCCCC. The predicted molar refractivity (Wildman–Crippen MR) is 255 cm³/mol. The van der Waals surface area contributed by atoms with Gasteiger partial charge in [0.05, 0.1) is 25.2 Å². The van der Waals surface area contributed by atoms with Crippen LogP contribution in [0.25, 0.3) is 0 Å². The average molecular weight is 826 g/mol.